The van der Waals surface area contributed by atoms with E-state index in [4.69, 9.17) is 4.74 Å². The Bertz CT molecular complexity index is 312. The molecule has 1 aliphatic rings. The third kappa shape index (κ3) is 1.43. The van der Waals surface area contributed by atoms with Crippen LogP contribution in [0.3, 0.4) is 0 Å². The third-order valence-electron chi connectivity index (χ3n) is 2.04. The number of nitrogens with zero attached hydrogens (tertiary/aromatic N) is 2. The largest absolute Gasteiger partial charge is 0.488 e. The first kappa shape index (κ1) is 8.29. The minimum absolute atomic E-state index is 0.349. The monoisotopic (exact) mass is 179 g/mol. The van der Waals surface area contributed by atoms with Gasteiger partial charge in [-0.2, -0.15) is 10.2 Å². The van der Waals surface area contributed by atoms with E-state index in [1.165, 1.54) is 0 Å². The van der Waals surface area contributed by atoms with Gasteiger partial charge in [-0.05, 0) is 0 Å². The summed E-state index contributed by atoms with van der Waals surface area (Å²) in [5, 5.41) is 11.2. The van der Waals surface area contributed by atoms with Crippen LogP contribution in [0.25, 0.3) is 0 Å². The van der Waals surface area contributed by atoms with Crippen LogP contribution in [0.15, 0.2) is 6.20 Å². The van der Waals surface area contributed by atoms with Gasteiger partial charge in [0.1, 0.15) is 12.3 Å². The summed E-state index contributed by atoms with van der Waals surface area (Å²) in [5.41, 5.74) is 1.90. The maximum Gasteiger partial charge on any atom is 0.167 e. The van der Waals surface area contributed by atoms with Crippen molar-refractivity contribution in [3.8, 4) is 5.75 Å². The van der Waals surface area contributed by atoms with Gasteiger partial charge in [-0.3, -0.25) is 0 Å². The molecule has 0 aromatic carbocycles. The Labute approximate surface area is 77.3 Å². The number of hydrogen-bond acceptors (Lipinski definition) is 4. The van der Waals surface area contributed by atoms with E-state index in [1.54, 1.807) is 6.20 Å². The van der Waals surface area contributed by atoms with Crippen LogP contribution in [0.1, 0.15) is 25.5 Å². The molecule has 0 fully saturated rings. The van der Waals surface area contributed by atoms with Crippen molar-refractivity contribution in [2.75, 3.05) is 18.5 Å². The Kier molecular flexibility index (Phi) is 2.04. The van der Waals surface area contributed by atoms with Crippen LogP contribution in [0.5, 0.6) is 5.75 Å². The van der Waals surface area contributed by atoms with E-state index in [0.29, 0.717) is 12.5 Å². The van der Waals surface area contributed by atoms with E-state index < -0.39 is 0 Å². The van der Waals surface area contributed by atoms with Crippen LogP contribution in [0.4, 0.5) is 5.69 Å². The molecule has 0 amide bonds. The van der Waals surface area contributed by atoms with Crippen molar-refractivity contribution in [3.63, 3.8) is 0 Å². The lowest BCUT2D eigenvalue weighted by molar-refractivity contribution is 0.315. The van der Waals surface area contributed by atoms with E-state index in [2.05, 4.69) is 29.4 Å². The first-order chi connectivity index (χ1) is 6.29. The average molecular weight is 179 g/mol. The predicted octanol–water partition coefficient (Wildman–Crippen LogP) is 1.40. The Balaban J connectivity index is 2.46. The average Bonchev–Trinajstić information content (AvgIpc) is 2.17. The van der Waals surface area contributed by atoms with E-state index >= 15 is 0 Å². The quantitative estimate of drug-likeness (QED) is 0.708. The van der Waals surface area contributed by atoms with Gasteiger partial charge < -0.3 is 10.1 Å². The molecule has 0 aliphatic carbocycles. The van der Waals surface area contributed by atoms with Gasteiger partial charge in [-0.1, -0.05) is 13.8 Å². The lowest BCUT2D eigenvalue weighted by Gasteiger charge is -2.21. The lowest BCUT2D eigenvalue weighted by Crippen LogP contribution is -2.20. The second kappa shape index (κ2) is 3.20. The number of fused-ring (bicyclic) bond motifs is 1. The van der Waals surface area contributed by atoms with Gasteiger partial charge in [0.15, 0.2) is 5.75 Å². The molecule has 0 unspecified atom stereocenters. The fourth-order valence-electron chi connectivity index (χ4n) is 1.38. The fourth-order valence-corrected chi connectivity index (χ4v) is 1.38. The number of aromatic nitrogens is 2. The van der Waals surface area contributed by atoms with Gasteiger partial charge >= 0.3 is 0 Å². The van der Waals surface area contributed by atoms with E-state index in [0.717, 1.165) is 23.7 Å². The molecule has 70 valence electrons. The van der Waals surface area contributed by atoms with Crippen molar-refractivity contribution < 1.29 is 4.74 Å². The van der Waals surface area contributed by atoms with Gasteiger partial charge in [0.05, 0.1) is 11.9 Å². The second-order valence-corrected chi connectivity index (χ2v) is 3.40. The summed E-state index contributed by atoms with van der Waals surface area (Å²) in [7, 11) is 0. The SMILES string of the molecule is CC(C)c1nncc2c1OCCN2. The summed E-state index contributed by atoms with van der Waals surface area (Å²) >= 11 is 0. The topological polar surface area (TPSA) is 47.0 Å². The Morgan fingerprint density at radius 2 is 2.38 bits per heavy atom. The van der Waals surface area contributed by atoms with Gasteiger partial charge in [0.25, 0.3) is 0 Å². The van der Waals surface area contributed by atoms with Gasteiger partial charge in [-0.25, -0.2) is 0 Å². The Morgan fingerprint density at radius 1 is 1.54 bits per heavy atom. The molecule has 0 bridgehead atoms. The number of ether oxygens (including phenoxy) is 1. The van der Waals surface area contributed by atoms with Crippen LogP contribution in [0, 0.1) is 0 Å². The molecular formula is C9H13N3O. The number of rotatable bonds is 1. The summed E-state index contributed by atoms with van der Waals surface area (Å²) in [6, 6.07) is 0. The van der Waals surface area contributed by atoms with Gasteiger partial charge in [-0.15, -0.1) is 0 Å². The molecule has 13 heavy (non-hydrogen) atoms. The van der Waals surface area contributed by atoms with Crippen LogP contribution in [0.2, 0.25) is 0 Å². The smallest absolute Gasteiger partial charge is 0.167 e. The molecule has 0 radical (unpaired) electrons. The Hall–Kier alpha value is -1.32. The third-order valence-corrected chi connectivity index (χ3v) is 2.04. The van der Waals surface area contributed by atoms with Crippen molar-refractivity contribution in [3.05, 3.63) is 11.9 Å². The Morgan fingerprint density at radius 3 is 3.15 bits per heavy atom. The summed E-state index contributed by atoms with van der Waals surface area (Å²) in [5.74, 6) is 1.22. The van der Waals surface area contributed by atoms with Crippen LogP contribution in [-0.4, -0.2) is 23.3 Å². The highest BCUT2D eigenvalue weighted by Gasteiger charge is 2.17. The molecule has 1 aliphatic heterocycles. The first-order valence-electron chi connectivity index (χ1n) is 4.51. The molecule has 0 saturated heterocycles. The maximum atomic E-state index is 5.55. The van der Waals surface area contributed by atoms with E-state index in [1.807, 2.05) is 0 Å². The highest BCUT2D eigenvalue weighted by molar-refractivity contribution is 5.58. The normalized spacial score (nSPS) is 14.7. The second-order valence-electron chi connectivity index (χ2n) is 3.40. The van der Waals surface area contributed by atoms with Gasteiger partial charge in [0, 0.05) is 12.5 Å². The lowest BCUT2D eigenvalue weighted by atomic mass is 10.1. The molecule has 0 atom stereocenters. The summed E-state index contributed by atoms with van der Waals surface area (Å²) < 4.78 is 5.55. The van der Waals surface area contributed by atoms with Crippen molar-refractivity contribution >= 4 is 5.69 Å². The highest BCUT2D eigenvalue weighted by Crippen LogP contribution is 2.32. The van der Waals surface area contributed by atoms with Crippen LogP contribution >= 0.6 is 0 Å². The standard InChI is InChI=1S/C9H13N3O/c1-6(2)8-9-7(5-11-12-8)10-3-4-13-9/h5-6,10H,3-4H2,1-2H3. The number of nitrogens with one attached hydrogen (secondary N) is 1. The summed E-state index contributed by atoms with van der Waals surface area (Å²) in [6.45, 7) is 5.72. The van der Waals surface area contributed by atoms with Gasteiger partial charge in [0.2, 0.25) is 0 Å². The van der Waals surface area contributed by atoms with Crippen molar-refractivity contribution in [1.82, 2.24) is 10.2 Å². The minimum atomic E-state index is 0.349. The zero-order valence-corrected chi connectivity index (χ0v) is 7.87. The van der Waals surface area contributed by atoms with Crippen LogP contribution in [-0.2, 0) is 0 Å². The minimum Gasteiger partial charge on any atom is -0.488 e. The molecule has 1 aromatic heterocycles. The van der Waals surface area contributed by atoms with Crippen LogP contribution < -0.4 is 10.1 Å². The molecule has 0 spiro atoms. The van der Waals surface area contributed by atoms with Crippen molar-refractivity contribution in [2.24, 2.45) is 0 Å². The van der Waals surface area contributed by atoms with E-state index in [9.17, 15) is 0 Å². The molecule has 1 aromatic rings. The summed E-state index contributed by atoms with van der Waals surface area (Å²) in [4.78, 5) is 0. The first-order valence-corrected chi connectivity index (χ1v) is 4.51. The molecule has 0 saturated carbocycles. The molecule has 4 heteroatoms. The highest BCUT2D eigenvalue weighted by atomic mass is 16.5. The number of anilines is 1. The zero-order valence-electron chi connectivity index (χ0n) is 7.87. The molecule has 2 heterocycles. The molecule has 1 N–H and O–H groups in total. The number of hydrogen-bond donors (Lipinski definition) is 1. The molecule has 2 rings (SSSR count). The van der Waals surface area contributed by atoms with Crippen molar-refractivity contribution in [1.29, 1.82) is 0 Å². The molecule has 4 nitrogen and oxygen atoms in total. The maximum absolute atomic E-state index is 5.55. The van der Waals surface area contributed by atoms with Crippen molar-refractivity contribution in [2.45, 2.75) is 19.8 Å². The van der Waals surface area contributed by atoms with E-state index in [-0.39, 0.29) is 0 Å². The fraction of sp³-hybridized carbons (Fsp3) is 0.556. The zero-order chi connectivity index (χ0) is 9.26. The summed E-state index contributed by atoms with van der Waals surface area (Å²) in [6.07, 6.45) is 1.71. The predicted molar refractivity (Wildman–Crippen MR) is 50.1 cm³/mol. The molecular weight excluding hydrogens is 166 g/mol.